The highest BCUT2D eigenvalue weighted by molar-refractivity contribution is 7.89. The summed E-state index contributed by atoms with van der Waals surface area (Å²) in [5, 5.41) is 0. The lowest BCUT2D eigenvalue weighted by Crippen LogP contribution is -2.42. The number of carbonyl (C=O) groups is 2. The molecule has 2 aromatic rings. The standard InChI is InChI=1S/C22H29N3O4S/c1-15-6-7-16(2)19(14-15)30(28,29)23-13-12-20(26)24-25-21(27)17-8-10-18(11-9-17)22(3,4)5/h6-11,14,23H,12-13H2,1-5H3,(H,24,26)(H,25,27). The van der Waals surface area contributed by atoms with E-state index in [1.807, 2.05) is 25.1 Å². The molecule has 0 heterocycles. The van der Waals surface area contributed by atoms with Crippen molar-refractivity contribution < 1.29 is 18.0 Å². The zero-order valence-corrected chi connectivity index (χ0v) is 18.8. The van der Waals surface area contributed by atoms with E-state index in [0.29, 0.717) is 11.1 Å². The van der Waals surface area contributed by atoms with Crippen LogP contribution in [0.2, 0.25) is 0 Å². The number of carbonyl (C=O) groups excluding carboxylic acids is 2. The third kappa shape index (κ3) is 6.40. The monoisotopic (exact) mass is 431 g/mol. The molecule has 0 unspecified atom stereocenters. The minimum Gasteiger partial charge on any atom is -0.273 e. The largest absolute Gasteiger partial charge is 0.273 e. The molecule has 0 radical (unpaired) electrons. The molecule has 162 valence electrons. The summed E-state index contributed by atoms with van der Waals surface area (Å²) in [6.07, 6.45) is -0.118. The average molecular weight is 432 g/mol. The van der Waals surface area contributed by atoms with Gasteiger partial charge in [-0.3, -0.25) is 20.4 Å². The fraction of sp³-hybridized carbons (Fsp3) is 0.364. The normalized spacial score (nSPS) is 11.8. The van der Waals surface area contributed by atoms with Crippen molar-refractivity contribution in [1.82, 2.24) is 15.6 Å². The van der Waals surface area contributed by atoms with Gasteiger partial charge in [0, 0.05) is 18.5 Å². The van der Waals surface area contributed by atoms with Gasteiger partial charge in [0.15, 0.2) is 0 Å². The molecule has 0 aliphatic rings. The Morgan fingerprint density at radius 3 is 2.17 bits per heavy atom. The summed E-state index contributed by atoms with van der Waals surface area (Å²) in [5.74, 6) is -0.946. The quantitative estimate of drug-likeness (QED) is 0.612. The Morgan fingerprint density at radius 1 is 0.933 bits per heavy atom. The van der Waals surface area contributed by atoms with Gasteiger partial charge in [0.25, 0.3) is 5.91 Å². The predicted octanol–water partition coefficient (Wildman–Crippen LogP) is 2.73. The smallest absolute Gasteiger partial charge is 0.269 e. The zero-order valence-electron chi connectivity index (χ0n) is 18.0. The molecule has 0 aliphatic carbocycles. The zero-order chi connectivity index (χ0) is 22.5. The third-order valence-corrected chi connectivity index (χ3v) is 6.21. The van der Waals surface area contributed by atoms with Crippen molar-refractivity contribution in [3.63, 3.8) is 0 Å². The van der Waals surface area contributed by atoms with E-state index in [9.17, 15) is 18.0 Å². The summed E-state index contributed by atoms with van der Waals surface area (Å²) >= 11 is 0. The summed E-state index contributed by atoms with van der Waals surface area (Å²) < 4.78 is 27.3. The van der Waals surface area contributed by atoms with Crippen LogP contribution in [0.15, 0.2) is 47.4 Å². The molecule has 2 aromatic carbocycles. The molecule has 2 rings (SSSR count). The average Bonchev–Trinajstić information content (AvgIpc) is 2.67. The predicted molar refractivity (Wildman–Crippen MR) is 116 cm³/mol. The highest BCUT2D eigenvalue weighted by Crippen LogP contribution is 2.22. The lowest BCUT2D eigenvalue weighted by atomic mass is 9.87. The van der Waals surface area contributed by atoms with Gasteiger partial charge in [0.1, 0.15) is 0 Å². The van der Waals surface area contributed by atoms with Crippen LogP contribution in [-0.2, 0) is 20.2 Å². The molecule has 0 fully saturated rings. The van der Waals surface area contributed by atoms with Crippen molar-refractivity contribution in [1.29, 1.82) is 0 Å². The van der Waals surface area contributed by atoms with Crippen LogP contribution in [0.4, 0.5) is 0 Å². The van der Waals surface area contributed by atoms with Crippen LogP contribution in [0, 0.1) is 13.8 Å². The molecule has 0 saturated heterocycles. The van der Waals surface area contributed by atoms with Crippen LogP contribution in [0.5, 0.6) is 0 Å². The minimum absolute atomic E-state index is 0.0203. The van der Waals surface area contributed by atoms with Crippen LogP contribution in [0.1, 0.15) is 54.2 Å². The van der Waals surface area contributed by atoms with E-state index in [0.717, 1.165) is 11.1 Å². The second-order valence-electron chi connectivity index (χ2n) is 8.25. The summed E-state index contributed by atoms with van der Waals surface area (Å²) in [6.45, 7) is 9.68. The van der Waals surface area contributed by atoms with E-state index in [-0.39, 0.29) is 23.3 Å². The number of benzene rings is 2. The van der Waals surface area contributed by atoms with Gasteiger partial charge in [0.05, 0.1) is 4.90 Å². The van der Waals surface area contributed by atoms with E-state index in [4.69, 9.17) is 0 Å². The number of hydrogen-bond donors (Lipinski definition) is 3. The van der Waals surface area contributed by atoms with Crippen LogP contribution in [-0.4, -0.2) is 26.8 Å². The number of rotatable bonds is 6. The first-order valence-corrected chi connectivity index (χ1v) is 11.1. The summed E-state index contributed by atoms with van der Waals surface area (Å²) in [4.78, 5) is 24.3. The molecular weight excluding hydrogens is 402 g/mol. The molecule has 7 nitrogen and oxygen atoms in total. The van der Waals surface area contributed by atoms with Gasteiger partial charge in [-0.05, 0) is 54.2 Å². The second kappa shape index (κ2) is 9.40. The lowest BCUT2D eigenvalue weighted by molar-refractivity contribution is -0.121. The topological polar surface area (TPSA) is 104 Å². The van der Waals surface area contributed by atoms with E-state index in [1.54, 1.807) is 31.2 Å². The Balaban J connectivity index is 1.83. The Kier molecular flexibility index (Phi) is 7.39. The van der Waals surface area contributed by atoms with E-state index in [2.05, 4.69) is 36.3 Å². The van der Waals surface area contributed by atoms with E-state index < -0.39 is 21.8 Å². The Hall–Kier alpha value is -2.71. The highest BCUT2D eigenvalue weighted by Gasteiger charge is 2.17. The molecular formula is C22H29N3O4S. The van der Waals surface area contributed by atoms with E-state index in [1.165, 1.54) is 0 Å². The number of hydrogen-bond acceptors (Lipinski definition) is 4. The van der Waals surface area contributed by atoms with Crippen LogP contribution in [0.25, 0.3) is 0 Å². The maximum atomic E-state index is 12.4. The number of amides is 2. The van der Waals surface area contributed by atoms with Crippen molar-refractivity contribution in [3.05, 3.63) is 64.7 Å². The van der Waals surface area contributed by atoms with Gasteiger partial charge < -0.3 is 0 Å². The Labute approximate surface area is 178 Å². The van der Waals surface area contributed by atoms with Gasteiger partial charge in [-0.2, -0.15) is 0 Å². The molecule has 3 N–H and O–H groups in total. The van der Waals surface area contributed by atoms with Crippen LogP contribution < -0.4 is 15.6 Å². The third-order valence-electron chi connectivity index (χ3n) is 4.61. The molecule has 0 aromatic heterocycles. The van der Waals surface area contributed by atoms with Gasteiger partial charge >= 0.3 is 0 Å². The number of sulfonamides is 1. The van der Waals surface area contributed by atoms with Gasteiger partial charge in [-0.15, -0.1) is 0 Å². The van der Waals surface area contributed by atoms with Crippen LogP contribution >= 0.6 is 0 Å². The molecule has 0 saturated carbocycles. The number of aryl methyl sites for hydroxylation is 2. The first kappa shape index (κ1) is 23.6. The number of nitrogens with one attached hydrogen (secondary N) is 3. The Morgan fingerprint density at radius 2 is 1.57 bits per heavy atom. The maximum Gasteiger partial charge on any atom is 0.269 e. The van der Waals surface area contributed by atoms with E-state index >= 15 is 0 Å². The molecule has 0 bridgehead atoms. The number of hydrazine groups is 1. The summed E-state index contributed by atoms with van der Waals surface area (Å²) in [6, 6.07) is 12.3. The van der Waals surface area contributed by atoms with Gasteiger partial charge in [-0.1, -0.05) is 45.0 Å². The van der Waals surface area contributed by atoms with Crippen LogP contribution in [0.3, 0.4) is 0 Å². The fourth-order valence-electron chi connectivity index (χ4n) is 2.76. The molecule has 0 atom stereocenters. The SMILES string of the molecule is Cc1ccc(C)c(S(=O)(=O)NCCC(=O)NNC(=O)c2ccc(C(C)(C)C)cc2)c1. The maximum absolute atomic E-state index is 12.4. The first-order chi connectivity index (χ1) is 13.9. The molecule has 2 amide bonds. The molecule has 0 aliphatic heterocycles. The van der Waals surface area contributed by atoms with Gasteiger partial charge in [0.2, 0.25) is 15.9 Å². The minimum atomic E-state index is -3.72. The van der Waals surface area contributed by atoms with Crippen molar-refractivity contribution in [2.75, 3.05) is 6.54 Å². The van der Waals surface area contributed by atoms with Crippen molar-refractivity contribution >= 4 is 21.8 Å². The van der Waals surface area contributed by atoms with Gasteiger partial charge in [-0.25, -0.2) is 13.1 Å². The summed E-state index contributed by atoms with van der Waals surface area (Å²) in [5.41, 5.74) is 7.59. The molecule has 8 heteroatoms. The van der Waals surface area contributed by atoms with Crippen molar-refractivity contribution in [2.24, 2.45) is 0 Å². The first-order valence-electron chi connectivity index (χ1n) is 9.67. The van der Waals surface area contributed by atoms with Crippen molar-refractivity contribution in [2.45, 2.75) is 51.3 Å². The molecule has 30 heavy (non-hydrogen) atoms. The summed E-state index contributed by atoms with van der Waals surface area (Å²) in [7, 11) is -3.72. The van der Waals surface area contributed by atoms with Crippen molar-refractivity contribution in [3.8, 4) is 0 Å². The second-order valence-corrected chi connectivity index (χ2v) is 9.98. The highest BCUT2D eigenvalue weighted by atomic mass is 32.2. The molecule has 0 spiro atoms. The Bertz CT molecular complexity index is 1020. The lowest BCUT2D eigenvalue weighted by Gasteiger charge is -2.19. The fourth-order valence-corrected chi connectivity index (χ4v) is 4.12.